The average Bonchev–Trinajstić information content (AvgIpc) is 1.77. The molecule has 0 aliphatic heterocycles. The Morgan fingerprint density at radius 2 is 0.667 bits per heavy atom. The predicted molar refractivity (Wildman–Crippen MR) is 31.5 cm³/mol. The van der Waals surface area contributed by atoms with Gasteiger partial charge < -0.3 is 9.11 Å². The minimum Gasteiger partial charge on any atom is -0.741 e. The number of alkyl halides is 6. The topological polar surface area (TPSA) is 114 Å². The zero-order valence-corrected chi connectivity index (χ0v) is 14.2. The van der Waals surface area contributed by atoms with Crippen molar-refractivity contribution in [2.24, 2.45) is 0 Å². The van der Waals surface area contributed by atoms with Crippen LogP contribution in [0.4, 0.5) is 26.3 Å². The molecule has 0 rings (SSSR count). The maximum Gasteiger partial charge on any atom is 1.00 e. The van der Waals surface area contributed by atoms with Crippen LogP contribution in [0.25, 0.3) is 0 Å². The van der Waals surface area contributed by atoms with Gasteiger partial charge in [0.15, 0.2) is 20.2 Å². The zero-order valence-electron chi connectivity index (χ0n) is 8.53. The van der Waals surface area contributed by atoms with Crippen LogP contribution in [0.5, 0.6) is 0 Å². The number of rotatable bonds is 0. The fourth-order valence-corrected chi connectivity index (χ4v) is 0. The van der Waals surface area contributed by atoms with E-state index in [0.29, 0.717) is 0 Å². The van der Waals surface area contributed by atoms with Crippen molar-refractivity contribution in [3.8, 4) is 0 Å². The fraction of sp³-hybridized carbons (Fsp3) is 1.00. The molecule has 0 amide bonds. The largest absolute Gasteiger partial charge is 1.00 e. The van der Waals surface area contributed by atoms with Gasteiger partial charge in [0.05, 0.1) is 0 Å². The molecule has 0 fully saturated rings. The number of hydrogen-bond donors (Lipinski definition) is 0. The summed E-state index contributed by atoms with van der Waals surface area (Å²) in [6, 6.07) is 0. The van der Waals surface area contributed by atoms with Crippen LogP contribution in [0.1, 0.15) is 0 Å². The molecular formula is C2F6Na2O6S2. The van der Waals surface area contributed by atoms with Gasteiger partial charge in [-0.15, -0.1) is 0 Å². The fourth-order valence-electron chi connectivity index (χ4n) is 0. The average molecular weight is 344 g/mol. The first-order chi connectivity index (χ1) is 6.50. The molecule has 100 valence electrons. The van der Waals surface area contributed by atoms with Crippen molar-refractivity contribution in [2.45, 2.75) is 11.0 Å². The Morgan fingerprint density at radius 1 is 0.611 bits per heavy atom. The first kappa shape index (κ1) is 27.7. The summed E-state index contributed by atoms with van der Waals surface area (Å²) in [6.07, 6.45) is 0. The van der Waals surface area contributed by atoms with Crippen LogP contribution >= 0.6 is 0 Å². The van der Waals surface area contributed by atoms with Crippen molar-refractivity contribution in [3.05, 3.63) is 0 Å². The second kappa shape index (κ2) is 8.63. The van der Waals surface area contributed by atoms with Crippen LogP contribution in [0.3, 0.4) is 0 Å². The molecule has 0 saturated carbocycles. The molecule has 0 saturated heterocycles. The first-order valence-corrected chi connectivity index (χ1v) is 5.36. The maximum atomic E-state index is 10.7. The molecule has 0 bridgehead atoms. The standard InChI is InChI=1S/2CHF3O3S.2Na/c2*2-1(3,4)8(5,6)7;;/h2*(H,5,6,7);;/q;;2*+1/p-2. The molecule has 0 aliphatic carbocycles. The summed E-state index contributed by atoms with van der Waals surface area (Å²) in [7, 11) is -12.2. The van der Waals surface area contributed by atoms with E-state index in [9.17, 15) is 26.3 Å². The molecule has 0 atom stereocenters. The van der Waals surface area contributed by atoms with E-state index >= 15 is 0 Å². The third kappa shape index (κ3) is 12.4. The van der Waals surface area contributed by atoms with E-state index in [1.165, 1.54) is 0 Å². The zero-order chi connectivity index (χ0) is 14.0. The van der Waals surface area contributed by atoms with Crippen LogP contribution in [0.15, 0.2) is 0 Å². The van der Waals surface area contributed by atoms with Gasteiger partial charge in [0.1, 0.15) is 0 Å². The number of hydrogen-bond acceptors (Lipinski definition) is 6. The third-order valence-corrected chi connectivity index (χ3v) is 1.70. The van der Waals surface area contributed by atoms with Gasteiger partial charge in [0.25, 0.3) is 0 Å². The monoisotopic (exact) mass is 344 g/mol. The van der Waals surface area contributed by atoms with Gasteiger partial charge in [-0.2, -0.15) is 26.3 Å². The van der Waals surface area contributed by atoms with Crippen molar-refractivity contribution in [3.63, 3.8) is 0 Å². The summed E-state index contributed by atoms with van der Waals surface area (Å²) in [4.78, 5) is 0. The quantitative estimate of drug-likeness (QED) is 0.187. The van der Waals surface area contributed by atoms with Crippen LogP contribution in [0, 0.1) is 0 Å². The van der Waals surface area contributed by atoms with E-state index in [4.69, 9.17) is 25.9 Å². The summed E-state index contributed by atoms with van der Waals surface area (Å²) in [6.45, 7) is 0. The molecule has 0 aromatic carbocycles. The molecule has 18 heavy (non-hydrogen) atoms. The van der Waals surface area contributed by atoms with E-state index < -0.39 is 31.3 Å². The van der Waals surface area contributed by atoms with Gasteiger partial charge in [-0.05, 0) is 0 Å². The second-order valence-electron chi connectivity index (χ2n) is 1.80. The second-order valence-corrected chi connectivity index (χ2v) is 4.54. The van der Waals surface area contributed by atoms with Gasteiger partial charge in [0, 0.05) is 0 Å². The molecule has 0 N–H and O–H groups in total. The summed E-state index contributed by atoms with van der Waals surface area (Å²) in [5.74, 6) is 0. The van der Waals surface area contributed by atoms with E-state index in [1.807, 2.05) is 0 Å². The molecule has 0 heterocycles. The van der Waals surface area contributed by atoms with Gasteiger partial charge in [-0.25, -0.2) is 16.8 Å². The summed E-state index contributed by atoms with van der Waals surface area (Å²) in [5, 5.41) is 0. The van der Waals surface area contributed by atoms with E-state index in [2.05, 4.69) is 0 Å². The van der Waals surface area contributed by atoms with Crippen molar-refractivity contribution in [1.82, 2.24) is 0 Å². The molecule has 6 nitrogen and oxygen atoms in total. The van der Waals surface area contributed by atoms with Crippen molar-refractivity contribution in [1.29, 1.82) is 0 Å². The molecule has 0 unspecified atom stereocenters. The van der Waals surface area contributed by atoms with Gasteiger partial charge in [-0.1, -0.05) is 0 Å². The van der Waals surface area contributed by atoms with Gasteiger partial charge in [-0.3, -0.25) is 0 Å². The number of halogens is 6. The SMILES string of the molecule is O=S(=O)([O-])C(F)(F)F.O=S(=O)([O-])C(F)(F)F.[Na+].[Na+]. The molecular weight excluding hydrogens is 344 g/mol. The Bertz CT molecular complexity index is 378. The Labute approximate surface area is 141 Å². The third-order valence-electron chi connectivity index (χ3n) is 0.567. The minimum absolute atomic E-state index is 0. The maximum absolute atomic E-state index is 10.7. The molecule has 16 heteroatoms. The molecule has 0 aliphatic rings. The Morgan fingerprint density at radius 3 is 0.667 bits per heavy atom. The van der Waals surface area contributed by atoms with Crippen molar-refractivity contribution in [2.75, 3.05) is 0 Å². The molecule has 0 aromatic heterocycles. The summed E-state index contributed by atoms with van der Waals surface area (Å²) >= 11 is 0. The van der Waals surface area contributed by atoms with E-state index in [-0.39, 0.29) is 59.1 Å². The molecule has 0 aromatic rings. The van der Waals surface area contributed by atoms with Gasteiger partial charge >= 0.3 is 70.1 Å². The van der Waals surface area contributed by atoms with Crippen molar-refractivity contribution < 1.29 is 111 Å². The first-order valence-electron chi connectivity index (χ1n) is 2.54. The summed E-state index contributed by atoms with van der Waals surface area (Å²) < 4.78 is 118. The Kier molecular flexibility index (Phi) is 13.3. The molecule has 0 spiro atoms. The smallest absolute Gasteiger partial charge is 0.741 e. The van der Waals surface area contributed by atoms with E-state index in [0.717, 1.165) is 0 Å². The van der Waals surface area contributed by atoms with Crippen LogP contribution in [-0.2, 0) is 20.2 Å². The Hall–Kier alpha value is 1.40. The normalized spacial score (nSPS) is 12.4. The van der Waals surface area contributed by atoms with Gasteiger partial charge in [0.2, 0.25) is 0 Å². The Balaban J connectivity index is -0.0000000980. The molecule has 0 radical (unpaired) electrons. The summed E-state index contributed by atoms with van der Waals surface area (Å²) in [5.41, 5.74) is -11.3. The van der Waals surface area contributed by atoms with Crippen LogP contribution in [0.2, 0.25) is 0 Å². The minimum atomic E-state index is -6.09. The predicted octanol–water partition coefficient (Wildman–Crippen LogP) is -5.89. The van der Waals surface area contributed by atoms with Crippen LogP contribution in [-0.4, -0.2) is 37.0 Å². The van der Waals surface area contributed by atoms with Crippen LogP contribution < -0.4 is 59.1 Å². The van der Waals surface area contributed by atoms with Crippen molar-refractivity contribution >= 4 is 20.2 Å². The van der Waals surface area contributed by atoms with E-state index in [1.54, 1.807) is 0 Å².